The van der Waals surface area contributed by atoms with Gasteiger partial charge in [-0.25, -0.2) is 9.07 Å². The molecule has 2 aromatic rings. The standard InChI is InChI=1S/C9H7BrFN3O/c10-8-2-1-6(11)3-9(8)14-4-7(5-15)12-13-14/h1-4,15H,5H2. The maximum atomic E-state index is 13.0. The Morgan fingerprint density at radius 2 is 2.27 bits per heavy atom. The summed E-state index contributed by atoms with van der Waals surface area (Å²) in [6, 6.07) is 4.27. The summed E-state index contributed by atoms with van der Waals surface area (Å²) in [5.41, 5.74) is 0.980. The van der Waals surface area contributed by atoms with Gasteiger partial charge in [0.1, 0.15) is 11.5 Å². The van der Waals surface area contributed by atoms with Crippen LogP contribution in [-0.4, -0.2) is 20.1 Å². The van der Waals surface area contributed by atoms with Crippen LogP contribution in [-0.2, 0) is 6.61 Å². The van der Waals surface area contributed by atoms with E-state index in [1.807, 2.05) is 0 Å². The van der Waals surface area contributed by atoms with Gasteiger partial charge in [0.25, 0.3) is 0 Å². The van der Waals surface area contributed by atoms with Crippen molar-refractivity contribution in [3.8, 4) is 5.69 Å². The van der Waals surface area contributed by atoms with E-state index in [1.54, 1.807) is 12.3 Å². The lowest BCUT2D eigenvalue weighted by Gasteiger charge is -2.02. The van der Waals surface area contributed by atoms with Crippen molar-refractivity contribution >= 4 is 15.9 Å². The summed E-state index contributed by atoms with van der Waals surface area (Å²) < 4.78 is 15.1. The van der Waals surface area contributed by atoms with Gasteiger partial charge in [0.15, 0.2) is 0 Å². The molecule has 6 heteroatoms. The Bertz CT molecular complexity index is 486. The van der Waals surface area contributed by atoms with Crippen molar-refractivity contribution in [1.29, 1.82) is 0 Å². The minimum atomic E-state index is -0.353. The van der Waals surface area contributed by atoms with E-state index in [1.165, 1.54) is 16.8 Å². The Morgan fingerprint density at radius 3 is 2.93 bits per heavy atom. The van der Waals surface area contributed by atoms with Gasteiger partial charge in [-0.1, -0.05) is 5.21 Å². The minimum Gasteiger partial charge on any atom is -0.390 e. The van der Waals surface area contributed by atoms with Gasteiger partial charge in [-0.2, -0.15) is 0 Å². The highest BCUT2D eigenvalue weighted by Gasteiger charge is 2.06. The molecule has 0 radical (unpaired) electrons. The quantitative estimate of drug-likeness (QED) is 0.904. The van der Waals surface area contributed by atoms with Gasteiger partial charge >= 0.3 is 0 Å². The number of halogens is 2. The zero-order valence-electron chi connectivity index (χ0n) is 7.56. The molecular weight excluding hydrogens is 265 g/mol. The van der Waals surface area contributed by atoms with Crippen LogP contribution in [0.15, 0.2) is 28.9 Å². The number of hydrogen-bond donors (Lipinski definition) is 1. The fourth-order valence-corrected chi connectivity index (χ4v) is 1.58. The van der Waals surface area contributed by atoms with Crippen LogP contribution in [0.4, 0.5) is 4.39 Å². The third-order valence-electron chi connectivity index (χ3n) is 1.86. The second-order valence-corrected chi connectivity index (χ2v) is 3.76. The average Bonchev–Trinajstić information content (AvgIpc) is 2.70. The lowest BCUT2D eigenvalue weighted by atomic mass is 10.3. The molecule has 0 aliphatic rings. The summed E-state index contributed by atoms with van der Waals surface area (Å²) >= 11 is 3.28. The smallest absolute Gasteiger partial charge is 0.125 e. The molecule has 1 aromatic carbocycles. The van der Waals surface area contributed by atoms with Gasteiger partial charge in [-0.3, -0.25) is 0 Å². The summed E-state index contributed by atoms with van der Waals surface area (Å²) in [4.78, 5) is 0. The Labute approximate surface area is 93.5 Å². The molecule has 4 nitrogen and oxygen atoms in total. The average molecular weight is 272 g/mol. The largest absolute Gasteiger partial charge is 0.390 e. The molecule has 0 saturated carbocycles. The molecule has 0 aliphatic heterocycles. The van der Waals surface area contributed by atoms with Crippen molar-refractivity contribution in [3.05, 3.63) is 40.4 Å². The summed E-state index contributed by atoms with van der Waals surface area (Å²) in [5, 5.41) is 16.3. The van der Waals surface area contributed by atoms with Crippen LogP contribution < -0.4 is 0 Å². The third kappa shape index (κ3) is 2.05. The van der Waals surface area contributed by atoms with Crippen molar-refractivity contribution in [2.75, 3.05) is 0 Å². The van der Waals surface area contributed by atoms with Crippen molar-refractivity contribution in [2.24, 2.45) is 0 Å². The summed E-state index contributed by atoms with van der Waals surface area (Å²) in [6.45, 7) is -0.188. The molecule has 1 aromatic heterocycles. The maximum Gasteiger partial charge on any atom is 0.125 e. The molecule has 0 unspecified atom stereocenters. The topological polar surface area (TPSA) is 50.9 Å². The predicted molar refractivity (Wildman–Crippen MR) is 54.9 cm³/mol. The van der Waals surface area contributed by atoms with Gasteiger partial charge < -0.3 is 5.11 Å². The van der Waals surface area contributed by atoms with Crippen molar-refractivity contribution in [1.82, 2.24) is 15.0 Å². The Hall–Kier alpha value is -1.27. The number of hydrogen-bond acceptors (Lipinski definition) is 3. The molecule has 1 N–H and O–H groups in total. The molecule has 0 fully saturated rings. The molecule has 0 spiro atoms. The van der Waals surface area contributed by atoms with Crippen molar-refractivity contribution in [3.63, 3.8) is 0 Å². The number of aliphatic hydroxyl groups excluding tert-OH is 1. The highest BCUT2D eigenvalue weighted by molar-refractivity contribution is 9.10. The van der Waals surface area contributed by atoms with E-state index in [-0.39, 0.29) is 12.4 Å². The minimum absolute atomic E-state index is 0.188. The van der Waals surface area contributed by atoms with Crippen LogP contribution >= 0.6 is 15.9 Å². The molecule has 78 valence electrons. The van der Waals surface area contributed by atoms with Gasteiger partial charge in [-0.05, 0) is 28.1 Å². The van der Waals surface area contributed by atoms with Gasteiger partial charge in [-0.15, -0.1) is 5.10 Å². The first-order valence-electron chi connectivity index (χ1n) is 4.18. The van der Waals surface area contributed by atoms with Crippen LogP contribution in [0.5, 0.6) is 0 Å². The number of aromatic nitrogens is 3. The highest BCUT2D eigenvalue weighted by atomic mass is 79.9. The number of aliphatic hydroxyl groups is 1. The first kappa shape index (κ1) is 10.3. The zero-order valence-corrected chi connectivity index (χ0v) is 9.15. The molecule has 0 atom stereocenters. The van der Waals surface area contributed by atoms with Crippen LogP contribution in [0.25, 0.3) is 5.69 Å². The first-order chi connectivity index (χ1) is 7.20. The summed E-state index contributed by atoms with van der Waals surface area (Å²) in [7, 11) is 0. The molecule has 2 rings (SSSR count). The molecule has 0 amide bonds. The van der Waals surface area contributed by atoms with E-state index in [0.717, 1.165) is 0 Å². The van der Waals surface area contributed by atoms with E-state index < -0.39 is 0 Å². The van der Waals surface area contributed by atoms with Crippen LogP contribution in [0.2, 0.25) is 0 Å². The third-order valence-corrected chi connectivity index (χ3v) is 2.53. The van der Waals surface area contributed by atoms with Crippen LogP contribution in [0.1, 0.15) is 5.69 Å². The molecule has 0 bridgehead atoms. The fraction of sp³-hybridized carbons (Fsp3) is 0.111. The lowest BCUT2D eigenvalue weighted by molar-refractivity contribution is 0.276. The SMILES string of the molecule is OCc1cn(-c2cc(F)ccc2Br)nn1. The zero-order chi connectivity index (χ0) is 10.8. The maximum absolute atomic E-state index is 13.0. The van der Waals surface area contributed by atoms with E-state index in [0.29, 0.717) is 15.9 Å². The molecule has 0 aliphatic carbocycles. The molecular formula is C9H7BrFN3O. The van der Waals surface area contributed by atoms with E-state index in [9.17, 15) is 4.39 Å². The number of nitrogens with zero attached hydrogens (tertiary/aromatic N) is 3. The van der Waals surface area contributed by atoms with Gasteiger partial charge in [0, 0.05) is 10.5 Å². The molecule has 15 heavy (non-hydrogen) atoms. The van der Waals surface area contributed by atoms with Crippen LogP contribution in [0, 0.1) is 5.82 Å². The van der Waals surface area contributed by atoms with Gasteiger partial charge in [0.05, 0.1) is 18.5 Å². The fourth-order valence-electron chi connectivity index (χ4n) is 1.15. The summed E-state index contributed by atoms with van der Waals surface area (Å²) in [6.07, 6.45) is 1.54. The normalized spacial score (nSPS) is 10.6. The summed E-state index contributed by atoms with van der Waals surface area (Å²) in [5.74, 6) is -0.353. The Kier molecular flexibility index (Phi) is 2.79. The van der Waals surface area contributed by atoms with Gasteiger partial charge in [0.2, 0.25) is 0 Å². The monoisotopic (exact) mass is 271 g/mol. The second kappa shape index (κ2) is 4.08. The van der Waals surface area contributed by atoms with Crippen LogP contribution in [0.3, 0.4) is 0 Å². The van der Waals surface area contributed by atoms with Crippen molar-refractivity contribution in [2.45, 2.75) is 6.61 Å². The second-order valence-electron chi connectivity index (χ2n) is 2.91. The van der Waals surface area contributed by atoms with E-state index in [2.05, 4.69) is 26.2 Å². The lowest BCUT2D eigenvalue weighted by Crippen LogP contribution is -1.96. The Morgan fingerprint density at radius 1 is 1.47 bits per heavy atom. The number of rotatable bonds is 2. The number of benzene rings is 1. The first-order valence-corrected chi connectivity index (χ1v) is 4.97. The highest BCUT2D eigenvalue weighted by Crippen LogP contribution is 2.21. The van der Waals surface area contributed by atoms with Crippen molar-refractivity contribution < 1.29 is 9.50 Å². The van der Waals surface area contributed by atoms with E-state index in [4.69, 9.17) is 5.11 Å². The molecule has 0 saturated heterocycles. The molecule has 1 heterocycles. The predicted octanol–water partition coefficient (Wildman–Crippen LogP) is 1.66. The van der Waals surface area contributed by atoms with E-state index >= 15 is 0 Å². The Balaban J connectivity index is 2.48.